The number of allylic oxidation sites excluding steroid dienone is 2. The van der Waals surface area contributed by atoms with Gasteiger partial charge >= 0.3 is 0 Å². The molecule has 0 spiro atoms. The summed E-state index contributed by atoms with van der Waals surface area (Å²) in [4.78, 5) is 0. The molecule has 0 radical (unpaired) electrons. The number of aryl methyl sites for hydroxylation is 1. The molecular formula is C49H32O. The van der Waals surface area contributed by atoms with E-state index in [1.807, 2.05) is 12.1 Å². The van der Waals surface area contributed by atoms with Gasteiger partial charge in [-0.1, -0.05) is 158 Å². The Morgan fingerprint density at radius 2 is 0.980 bits per heavy atom. The third-order valence-corrected chi connectivity index (χ3v) is 10.6. The van der Waals surface area contributed by atoms with Gasteiger partial charge in [0.05, 0.1) is 0 Å². The molecule has 0 N–H and O–H groups in total. The van der Waals surface area contributed by atoms with Crippen LogP contribution in [0, 0.1) is 6.92 Å². The fraction of sp³-hybridized carbons (Fsp3) is 0.0204. The molecule has 10 rings (SSSR count). The average molecular weight is 637 g/mol. The van der Waals surface area contributed by atoms with E-state index in [0.717, 1.165) is 27.5 Å². The van der Waals surface area contributed by atoms with Crippen LogP contribution in [-0.2, 0) is 0 Å². The molecule has 0 aliphatic rings. The molecule has 1 heteroatoms. The highest BCUT2D eigenvalue weighted by atomic mass is 16.3. The summed E-state index contributed by atoms with van der Waals surface area (Å²) in [7, 11) is 0. The van der Waals surface area contributed by atoms with Gasteiger partial charge in [-0.3, -0.25) is 0 Å². The van der Waals surface area contributed by atoms with Crippen molar-refractivity contribution in [3.63, 3.8) is 0 Å². The minimum atomic E-state index is 0.910. The van der Waals surface area contributed by atoms with Crippen LogP contribution in [0.3, 0.4) is 0 Å². The summed E-state index contributed by atoms with van der Waals surface area (Å²) in [5.41, 5.74) is 9.16. The van der Waals surface area contributed by atoms with Crippen LogP contribution in [0.1, 0.15) is 11.1 Å². The Labute approximate surface area is 290 Å². The van der Waals surface area contributed by atoms with Crippen LogP contribution in [0.25, 0.3) is 104 Å². The summed E-state index contributed by atoms with van der Waals surface area (Å²) >= 11 is 0. The van der Waals surface area contributed by atoms with Crippen LogP contribution in [0.15, 0.2) is 169 Å². The molecule has 0 amide bonds. The van der Waals surface area contributed by atoms with Crippen molar-refractivity contribution < 1.29 is 4.42 Å². The molecular weight excluding hydrogens is 605 g/mol. The van der Waals surface area contributed by atoms with E-state index in [2.05, 4.69) is 165 Å². The number of para-hydroxylation sites is 2. The first-order valence-corrected chi connectivity index (χ1v) is 17.2. The first kappa shape index (κ1) is 28.6. The van der Waals surface area contributed by atoms with Gasteiger partial charge in [-0.2, -0.15) is 0 Å². The first-order chi connectivity index (χ1) is 24.7. The van der Waals surface area contributed by atoms with Crippen LogP contribution in [0.2, 0.25) is 0 Å². The van der Waals surface area contributed by atoms with Gasteiger partial charge in [-0.15, -0.1) is 0 Å². The molecule has 0 saturated carbocycles. The second kappa shape index (κ2) is 11.1. The number of hydrogen-bond acceptors (Lipinski definition) is 1. The van der Waals surface area contributed by atoms with Crippen molar-refractivity contribution in [3.05, 3.63) is 175 Å². The molecule has 0 aliphatic carbocycles. The maximum absolute atomic E-state index is 6.63. The molecule has 9 aromatic carbocycles. The largest absolute Gasteiger partial charge is 0.455 e. The smallest absolute Gasteiger partial charge is 0.143 e. The first-order valence-electron chi connectivity index (χ1n) is 17.2. The third kappa shape index (κ3) is 4.01. The highest BCUT2D eigenvalue weighted by Crippen LogP contribution is 2.49. The normalized spacial score (nSPS) is 12.1. The number of hydrogen-bond donors (Lipinski definition) is 0. The lowest BCUT2D eigenvalue weighted by molar-refractivity contribution is 0.670. The molecule has 0 bridgehead atoms. The van der Waals surface area contributed by atoms with Gasteiger partial charge in [0, 0.05) is 21.9 Å². The quantitative estimate of drug-likeness (QED) is 0.106. The van der Waals surface area contributed by atoms with Gasteiger partial charge in [-0.25, -0.2) is 0 Å². The molecule has 50 heavy (non-hydrogen) atoms. The van der Waals surface area contributed by atoms with Gasteiger partial charge in [0.2, 0.25) is 0 Å². The standard InChI is InChI=1S/C49H32O/c1-3-4-16-32-30(2)31-17-5-6-18-33(31)43-29-44(34-19-7-8-21-36(34)46(32)43)48-39-24-11-9-22-37(39)47(38-23-10-12-25-40(38)48)42-27-15-26-41-35-20-13-14-28-45(35)50-49(41)42/h3-29H,1H2,2H3/b16-4-. The van der Waals surface area contributed by atoms with Gasteiger partial charge in [0.1, 0.15) is 11.2 Å². The SMILES string of the molecule is C=C/C=C\c1c(C)c2ccccc2c2cc(-c3c4ccccc4c(-c4cccc5c4oc4ccccc45)c4ccccc34)c3ccccc3c12. The van der Waals surface area contributed by atoms with Crippen LogP contribution in [0.4, 0.5) is 0 Å². The lowest BCUT2D eigenvalue weighted by Crippen LogP contribution is -1.95. The fourth-order valence-corrected chi connectivity index (χ4v) is 8.49. The molecule has 1 heterocycles. The number of benzene rings is 9. The molecule has 0 atom stereocenters. The van der Waals surface area contributed by atoms with Crippen molar-refractivity contribution in [2.24, 2.45) is 0 Å². The minimum Gasteiger partial charge on any atom is -0.455 e. The maximum Gasteiger partial charge on any atom is 0.143 e. The zero-order chi connectivity index (χ0) is 33.3. The number of rotatable bonds is 4. The maximum atomic E-state index is 6.63. The summed E-state index contributed by atoms with van der Waals surface area (Å²) in [5.74, 6) is 0. The number of furan rings is 1. The van der Waals surface area contributed by atoms with E-state index in [9.17, 15) is 0 Å². The van der Waals surface area contributed by atoms with Gasteiger partial charge < -0.3 is 4.42 Å². The van der Waals surface area contributed by atoms with Crippen LogP contribution < -0.4 is 0 Å². The van der Waals surface area contributed by atoms with Crippen molar-refractivity contribution in [1.29, 1.82) is 0 Å². The van der Waals surface area contributed by atoms with Crippen LogP contribution in [0.5, 0.6) is 0 Å². The van der Waals surface area contributed by atoms with Crippen molar-refractivity contribution >= 4 is 81.9 Å². The van der Waals surface area contributed by atoms with Gasteiger partial charge in [0.25, 0.3) is 0 Å². The molecule has 1 nitrogen and oxygen atoms in total. The van der Waals surface area contributed by atoms with Crippen LogP contribution >= 0.6 is 0 Å². The van der Waals surface area contributed by atoms with E-state index < -0.39 is 0 Å². The molecule has 0 aliphatic heterocycles. The highest BCUT2D eigenvalue weighted by Gasteiger charge is 2.22. The summed E-state index contributed by atoms with van der Waals surface area (Å²) in [5, 5.41) is 14.7. The lowest BCUT2D eigenvalue weighted by atomic mass is 9.82. The van der Waals surface area contributed by atoms with Crippen molar-refractivity contribution in [2.45, 2.75) is 6.92 Å². The third-order valence-electron chi connectivity index (χ3n) is 10.6. The predicted molar refractivity (Wildman–Crippen MR) is 216 cm³/mol. The van der Waals surface area contributed by atoms with E-state index in [1.165, 1.54) is 81.7 Å². The van der Waals surface area contributed by atoms with Crippen molar-refractivity contribution in [2.75, 3.05) is 0 Å². The molecule has 1 aromatic heterocycles. The Morgan fingerprint density at radius 1 is 0.460 bits per heavy atom. The van der Waals surface area contributed by atoms with E-state index in [-0.39, 0.29) is 0 Å². The zero-order valence-corrected chi connectivity index (χ0v) is 27.7. The Bertz CT molecular complexity index is 3000. The van der Waals surface area contributed by atoms with Gasteiger partial charge in [-0.05, 0) is 95.2 Å². The Balaban J connectivity index is 1.39. The summed E-state index contributed by atoms with van der Waals surface area (Å²) in [6.45, 7) is 6.23. The Kier molecular flexibility index (Phi) is 6.31. The second-order valence-corrected chi connectivity index (χ2v) is 13.2. The van der Waals surface area contributed by atoms with E-state index in [4.69, 9.17) is 4.42 Å². The molecule has 0 saturated heterocycles. The van der Waals surface area contributed by atoms with Crippen LogP contribution in [-0.4, -0.2) is 0 Å². The van der Waals surface area contributed by atoms with Gasteiger partial charge in [0.15, 0.2) is 0 Å². The number of fused-ring (bicyclic) bond motifs is 10. The second-order valence-electron chi connectivity index (χ2n) is 13.2. The average Bonchev–Trinajstić information content (AvgIpc) is 3.56. The van der Waals surface area contributed by atoms with E-state index in [0.29, 0.717) is 0 Å². The highest BCUT2D eigenvalue weighted by molar-refractivity contribution is 6.30. The monoisotopic (exact) mass is 636 g/mol. The summed E-state index contributed by atoms with van der Waals surface area (Å²) in [6, 6.07) is 52.9. The lowest BCUT2D eigenvalue weighted by Gasteiger charge is -2.21. The predicted octanol–water partition coefficient (Wildman–Crippen LogP) is 14.2. The van der Waals surface area contributed by atoms with E-state index >= 15 is 0 Å². The van der Waals surface area contributed by atoms with Crippen molar-refractivity contribution in [1.82, 2.24) is 0 Å². The summed E-state index contributed by atoms with van der Waals surface area (Å²) in [6.07, 6.45) is 6.14. The molecule has 0 unspecified atom stereocenters. The van der Waals surface area contributed by atoms with E-state index in [1.54, 1.807) is 0 Å². The van der Waals surface area contributed by atoms with Crippen molar-refractivity contribution in [3.8, 4) is 22.3 Å². The summed E-state index contributed by atoms with van der Waals surface area (Å²) < 4.78 is 6.63. The fourth-order valence-electron chi connectivity index (χ4n) is 8.49. The Hall–Kier alpha value is -6.44. The zero-order valence-electron chi connectivity index (χ0n) is 27.7. The Morgan fingerprint density at radius 3 is 1.64 bits per heavy atom. The molecule has 0 fully saturated rings. The molecule has 234 valence electrons. The molecule has 10 aromatic rings. The topological polar surface area (TPSA) is 13.1 Å². The minimum absolute atomic E-state index is 0.910.